The standard InChI is InChI=1S/C24H29ClN2O3/c1-5-13-26(7-3)14-8-15-27-22(18(6-2)16-17(4)25)21(23(29)24(27)30)19-9-11-20(28)12-10-19/h5-7,9-13,16,22,28-29H,3,8,14-15H2,1-2,4H3/b13-5-,17-16+,18-6+. The predicted molar refractivity (Wildman–Crippen MR) is 123 cm³/mol. The zero-order chi connectivity index (χ0) is 22.3. The second-order valence-electron chi connectivity index (χ2n) is 6.99. The number of amides is 1. The average Bonchev–Trinajstić information content (AvgIpc) is 2.96. The van der Waals surface area contributed by atoms with Crippen LogP contribution in [0.1, 0.15) is 32.8 Å². The van der Waals surface area contributed by atoms with E-state index in [0.717, 1.165) is 5.57 Å². The van der Waals surface area contributed by atoms with Crippen molar-refractivity contribution < 1.29 is 15.0 Å². The number of hydrogen-bond donors (Lipinski definition) is 2. The largest absolute Gasteiger partial charge is 0.508 e. The van der Waals surface area contributed by atoms with Crippen molar-refractivity contribution in [2.45, 2.75) is 33.2 Å². The molecule has 1 aromatic rings. The number of aliphatic hydroxyl groups excluding tert-OH is 1. The van der Waals surface area contributed by atoms with E-state index in [0.29, 0.717) is 35.7 Å². The van der Waals surface area contributed by atoms with Gasteiger partial charge in [0.05, 0.1) is 6.04 Å². The Morgan fingerprint density at radius 3 is 2.47 bits per heavy atom. The second kappa shape index (κ2) is 10.7. The van der Waals surface area contributed by atoms with Gasteiger partial charge in [-0.25, -0.2) is 0 Å². The van der Waals surface area contributed by atoms with Crippen molar-refractivity contribution in [2.24, 2.45) is 0 Å². The van der Waals surface area contributed by atoms with Crippen LogP contribution in [-0.2, 0) is 4.79 Å². The number of allylic oxidation sites excluding steroid dienone is 3. The van der Waals surface area contributed by atoms with E-state index in [2.05, 4.69) is 6.58 Å². The maximum Gasteiger partial charge on any atom is 0.289 e. The molecule has 0 bridgehead atoms. The zero-order valence-corrected chi connectivity index (χ0v) is 18.4. The molecule has 5 nitrogen and oxygen atoms in total. The van der Waals surface area contributed by atoms with Gasteiger partial charge < -0.3 is 20.0 Å². The Bertz CT molecular complexity index is 894. The third kappa shape index (κ3) is 5.36. The van der Waals surface area contributed by atoms with Crippen LogP contribution in [0.15, 0.2) is 77.8 Å². The van der Waals surface area contributed by atoms with Gasteiger partial charge in [0.2, 0.25) is 0 Å². The fourth-order valence-corrected chi connectivity index (χ4v) is 3.68. The summed E-state index contributed by atoms with van der Waals surface area (Å²) in [6.07, 6.45) is 9.97. The van der Waals surface area contributed by atoms with Crippen molar-refractivity contribution in [1.29, 1.82) is 0 Å². The van der Waals surface area contributed by atoms with Crippen LogP contribution in [0.2, 0.25) is 0 Å². The van der Waals surface area contributed by atoms with Crippen LogP contribution < -0.4 is 0 Å². The maximum absolute atomic E-state index is 13.0. The molecule has 0 spiro atoms. The highest BCUT2D eigenvalue weighted by Gasteiger charge is 2.41. The Labute approximate surface area is 183 Å². The molecule has 1 aliphatic rings. The number of phenols is 1. The summed E-state index contributed by atoms with van der Waals surface area (Å²) < 4.78 is 0. The van der Waals surface area contributed by atoms with Gasteiger partial charge in [-0.15, -0.1) is 0 Å². The van der Waals surface area contributed by atoms with E-state index in [1.165, 1.54) is 12.1 Å². The van der Waals surface area contributed by atoms with E-state index < -0.39 is 11.9 Å². The molecule has 0 radical (unpaired) electrons. The first-order chi connectivity index (χ1) is 14.3. The minimum atomic E-state index is -0.473. The van der Waals surface area contributed by atoms with Crippen LogP contribution >= 0.6 is 11.6 Å². The Balaban J connectivity index is 2.41. The monoisotopic (exact) mass is 428 g/mol. The van der Waals surface area contributed by atoms with E-state index in [1.54, 1.807) is 36.2 Å². The van der Waals surface area contributed by atoms with Gasteiger partial charge in [-0.1, -0.05) is 42.5 Å². The summed E-state index contributed by atoms with van der Waals surface area (Å²) in [5.74, 6) is -0.577. The smallest absolute Gasteiger partial charge is 0.289 e. The maximum atomic E-state index is 13.0. The van der Waals surface area contributed by atoms with Gasteiger partial charge in [0.1, 0.15) is 5.75 Å². The first kappa shape index (κ1) is 23.4. The van der Waals surface area contributed by atoms with Gasteiger partial charge in [-0.2, -0.15) is 0 Å². The van der Waals surface area contributed by atoms with E-state index in [1.807, 2.05) is 37.1 Å². The van der Waals surface area contributed by atoms with Gasteiger partial charge in [-0.05, 0) is 68.9 Å². The molecular formula is C24H29ClN2O3. The molecule has 30 heavy (non-hydrogen) atoms. The van der Waals surface area contributed by atoms with E-state index >= 15 is 0 Å². The van der Waals surface area contributed by atoms with Crippen molar-refractivity contribution >= 4 is 23.1 Å². The molecule has 0 aromatic heterocycles. The molecule has 0 saturated carbocycles. The summed E-state index contributed by atoms with van der Waals surface area (Å²) >= 11 is 6.14. The van der Waals surface area contributed by atoms with Crippen LogP contribution in [-0.4, -0.2) is 45.1 Å². The number of phenolic OH excluding ortho intramolecular Hbond substituents is 1. The average molecular weight is 429 g/mol. The number of rotatable bonds is 9. The number of carbonyl (C=O) groups is 1. The van der Waals surface area contributed by atoms with Crippen LogP contribution in [0, 0.1) is 0 Å². The second-order valence-corrected chi connectivity index (χ2v) is 7.58. The summed E-state index contributed by atoms with van der Waals surface area (Å²) in [7, 11) is 0. The molecule has 1 aliphatic heterocycles. The Kier molecular flexibility index (Phi) is 8.36. The third-order valence-electron chi connectivity index (χ3n) is 4.89. The van der Waals surface area contributed by atoms with Crippen LogP contribution in [0.25, 0.3) is 5.57 Å². The molecule has 6 heteroatoms. The highest BCUT2D eigenvalue weighted by Crippen LogP contribution is 2.38. The lowest BCUT2D eigenvalue weighted by Crippen LogP contribution is -2.38. The number of aromatic hydroxyl groups is 1. The fourth-order valence-electron chi connectivity index (χ4n) is 3.56. The third-order valence-corrected chi connectivity index (χ3v) is 5.00. The summed E-state index contributed by atoms with van der Waals surface area (Å²) in [4.78, 5) is 16.6. The quantitative estimate of drug-likeness (QED) is 0.522. The summed E-state index contributed by atoms with van der Waals surface area (Å²) in [5.41, 5.74) is 2.00. The lowest BCUT2D eigenvalue weighted by atomic mass is 9.92. The molecule has 1 amide bonds. The van der Waals surface area contributed by atoms with Gasteiger partial charge in [0, 0.05) is 23.7 Å². The van der Waals surface area contributed by atoms with Gasteiger partial charge in [0.15, 0.2) is 5.76 Å². The minimum absolute atomic E-state index is 0.118. The highest BCUT2D eigenvalue weighted by molar-refractivity contribution is 6.29. The van der Waals surface area contributed by atoms with Crippen molar-refractivity contribution in [3.05, 3.63) is 83.4 Å². The van der Waals surface area contributed by atoms with Gasteiger partial charge in [0.25, 0.3) is 5.91 Å². The first-order valence-electron chi connectivity index (χ1n) is 9.88. The van der Waals surface area contributed by atoms with Crippen LogP contribution in [0.5, 0.6) is 5.75 Å². The van der Waals surface area contributed by atoms with Crippen molar-refractivity contribution in [1.82, 2.24) is 9.80 Å². The molecule has 1 aromatic carbocycles. The van der Waals surface area contributed by atoms with E-state index in [4.69, 9.17) is 11.6 Å². The Morgan fingerprint density at radius 1 is 1.27 bits per heavy atom. The van der Waals surface area contributed by atoms with Crippen LogP contribution in [0.4, 0.5) is 0 Å². The molecule has 160 valence electrons. The molecule has 0 aliphatic carbocycles. The highest BCUT2D eigenvalue weighted by atomic mass is 35.5. The number of aliphatic hydroxyl groups is 1. The molecular weight excluding hydrogens is 400 g/mol. The fraction of sp³-hybridized carbons (Fsp3) is 0.292. The number of carbonyl (C=O) groups excluding carboxylic acids is 1. The summed E-state index contributed by atoms with van der Waals surface area (Å²) in [5, 5.41) is 21.0. The first-order valence-corrected chi connectivity index (χ1v) is 10.3. The molecule has 1 atom stereocenters. The predicted octanol–water partition coefficient (Wildman–Crippen LogP) is 5.33. The molecule has 1 unspecified atom stereocenters. The topological polar surface area (TPSA) is 64.0 Å². The van der Waals surface area contributed by atoms with Crippen molar-refractivity contribution in [2.75, 3.05) is 13.1 Å². The molecule has 0 saturated heterocycles. The van der Waals surface area contributed by atoms with Gasteiger partial charge in [-0.3, -0.25) is 4.79 Å². The van der Waals surface area contributed by atoms with E-state index in [-0.39, 0.29) is 11.5 Å². The molecule has 2 rings (SSSR count). The number of halogens is 1. The Morgan fingerprint density at radius 2 is 1.93 bits per heavy atom. The lowest BCUT2D eigenvalue weighted by Gasteiger charge is -2.29. The molecule has 0 fully saturated rings. The number of nitrogens with zero attached hydrogens (tertiary/aromatic N) is 2. The molecule has 2 N–H and O–H groups in total. The number of hydrogen-bond acceptors (Lipinski definition) is 4. The van der Waals surface area contributed by atoms with Crippen LogP contribution in [0.3, 0.4) is 0 Å². The minimum Gasteiger partial charge on any atom is -0.508 e. The number of benzene rings is 1. The SMILES string of the molecule is C=CN(/C=C\C)CCCN1C(=O)C(O)=C(c2ccc(O)cc2)C1C(/C=C(\C)Cl)=C/C. The summed E-state index contributed by atoms with van der Waals surface area (Å²) in [6.45, 7) is 10.5. The summed E-state index contributed by atoms with van der Waals surface area (Å²) in [6, 6.07) is 5.99. The van der Waals surface area contributed by atoms with Crippen molar-refractivity contribution in [3.63, 3.8) is 0 Å². The zero-order valence-electron chi connectivity index (χ0n) is 17.7. The Hall–Kier alpha value is -2.92. The molecule has 1 heterocycles. The van der Waals surface area contributed by atoms with Gasteiger partial charge >= 0.3 is 0 Å². The van der Waals surface area contributed by atoms with E-state index in [9.17, 15) is 15.0 Å². The van der Waals surface area contributed by atoms with Crippen molar-refractivity contribution in [3.8, 4) is 5.75 Å². The lowest BCUT2D eigenvalue weighted by molar-refractivity contribution is -0.128. The normalized spacial score (nSPS) is 17.9.